The Bertz CT molecular complexity index is 937. The Kier molecular flexibility index (Phi) is 5.91. The molecule has 0 saturated heterocycles. The molecule has 6 nitrogen and oxygen atoms in total. The summed E-state index contributed by atoms with van der Waals surface area (Å²) in [4.78, 5) is 12.8. The minimum Gasteiger partial charge on any atom is -0.494 e. The number of Topliss-reactive ketones (excluding diaryl/α,β-unsaturated/α-hetero) is 1. The molecule has 2 aromatic carbocycles. The van der Waals surface area contributed by atoms with Crippen molar-refractivity contribution in [1.29, 1.82) is 0 Å². The highest BCUT2D eigenvalue weighted by atomic mass is 32.2. The van der Waals surface area contributed by atoms with Crippen LogP contribution in [0.5, 0.6) is 5.75 Å². The fourth-order valence-electron chi connectivity index (χ4n) is 2.68. The average molecular weight is 382 g/mol. The van der Waals surface area contributed by atoms with Gasteiger partial charge in [0.05, 0.1) is 17.5 Å². The van der Waals surface area contributed by atoms with Crippen LogP contribution in [-0.4, -0.2) is 37.8 Å². The van der Waals surface area contributed by atoms with E-state index in [9.17, 15) is 4.79 Å². The second-order valence-electron chi connectivity index (χ2n) is 6.24. The molecule has 0 bridgehead atoms. The predicted octanol–water partition coefficient (Wildman–Crippen LogP) is 4.04. The third-order valence-corrected chi connectivity index (χ3v) is 5.17. The summed E-state index contributed by atoms with van der Waals surface area (Å²) >= 11 is 1.35. The number of ketones is 1. The van der Waals surface area contributed by atoms with Crippen LogP contribution in [0.4, 0.5) is 0 Å². The monoisotopic (exact) mass is 382 g/mol. The van der Waals surface area contributed by atoms with Gasteiger partial charge in [-0.15, -0.1) is 5.10 Å². The summed E-state index contributed by atoms with van der Waals surface area (Å²) in [5, 5.41) is 12.3. The first kappa shape index (κ1) is 19.1. The number of aryl methyl sites for hydroxylation is 2. The second kappa shape index (κ2) is 8.35. The quantitative estimate of drug-likeness (QED) is 0.454. The molecule has 0 aliphatic heterocycles. The number of aromatic nitrogens is 4. The van der Waals surface area contributed by atoms with Crippen molar-refractivity contribution < 1.29 is 9.53 Å². The highest BCUT2D eigenvalue weighted by Crippen LogP contribution is 2.27. The van der Waals surface area contributed by atoms with Crippen molar-refractivity contribution in [2.45, 2.75) is 38.1 Å². The molecule has 3 aromatic rings. The van der Waals surface area contributed by atoms with Crippen LogP contribution in [0.2, 0.25) is 0 Å². The van der Waals surface area contributed by atoms with Crippen LogP contribution >= 0.6 is 11.8 Å². The molecule has 0 saturated carbocycles. The molecular weight excluding hydrogens is 360 g/mol. The molecule has 0 aliphatic rings. The molecule has 0 aliphatic carbocycles. The number of tetrazole rings is 1. The molecule has 7 heteroatoms. The Hall–Kier alpha value is -2.67. The molecule has 140 valence electrons. The van der Waals surface area contributed by atoms with Crippen molar-refractivity contribution in [3.63, 3.8) is 0 Å². The number of benzene rings is 2. The van der Waals surface area contributed by atoms with Crippen LogP contribution in [0, 0.1) is 13.8 Å². The van der Waals surface area contributed by atoms with E-state index in [4.69, 9.17) is 4.74 Å². The van der Waals surface area contributed by atoms with Crippen molar-refractivity contribution >= 4 is 17.5 Å². The smallest absolute Gasteiger partial charge is 0.214 e. The largest absolute Gasteiger partial charge is 0.494 e. The summed E-state index contributed by atoms with van der Waals surface area (Å²) in [6.07, 6.45) is 0. The normalized spacial score (nSPS) is 12.0. The zero-order valence-corrected chi connectivity index (χ0v) is 16.7. The number of hydrogen-bond donors (Lipinski definition) is 0. The van der Waals surface area contributed by atoms with Gasteiger partial charge in [-0.1, -0.05) is 23.9 Å². The number of rotatable bonds is 7. The Morgan fingerprint density at radius 3 is 2.63 bits per heavy atom. The van der Waals surface area contributed by atoms with E-state index in [-0.39, 0.29) is 11.0 Å². The highest BCUT2D eigenvalue weighted by Gasteiger charge is 2.21. The first-order chi connectivity index (χ1) is 13.0. The molecule has 1 heterocycles. The molecular formula is C20H22N4O2S. The van der Waals surface area contributed by atoms with E-state index >= 15 is 0 Å². The molecule has 27 heavy (non-hydrogen) atoms. The number of carbonyl (C=O) groups excluding carboxylic acids is 1. The van der Waals surface area contributed by atoms with Gasteiger partial charge in [0, 0.05) is 5.56 Å². The van der Waals surface area contributed by atoms with Gasteiger partial charge in [-0.25, -0.2) is 0 Å². The third kappa shape index (κ3) is 4.36. The van der Waals surface area contributed by atoms with Crippen LogP contribution in [0.1, 0.15) is 35.3 Å². The fraction of sp³-hybridized carbons (Fsp3) is 0.300. The Morgan fingerprint density at radius 1 is 1.19 bits per heavy atom. The van der Waals surface area contributed by atoms with E-state index in [0.717, 1.165) is 22.6 Å². The molecule has 0 N–H and O–H groups in total. The van der Waals surface area contributed by atoms with Crippen molar-refractivity contribution in [2.75, 3.05) is 6.61 Å². The zero-order chi connectivity index (χ0) is 19.4. The number of hydrogen-bond acceptors (Lipinski definition) is 6. The number of ether oxygens (including phenoxy) is 1. The van der Waals surface area contributed by atoms with Crippen molar-refractivity contribution in [1.82, 2.24) is 20.2 Å². The molecule has 0 spiro atoms. The molecule has 0 radical (unpaired) electrons. The van der Waals surface area contributed by atoms with Crippen molar-refractivity contribution in [3.8, 4) is 11.4 Å². The summed E-state index contributed by atoms with van der Waals surface area (Å²) in [5.74, 6) is 0.784. The Morgan fingerprint density at radius 2 is 1.93 bits per heavy atom. The summed E-state index contributed by atoms with van der Waals surface area (Å²) in [7, 11) is 0. The lowest BCUT2D eigenvalue weighted by Crippen LogP contribution is -2.15. The van der Waals surface area contributed by atoms with Gasteiger partial charge < -0.3 is 4.74 Å². The van der Waals surface area contributed by atoms with Gasteiger partial charge >= 0.3 is 0 Å². The van der Waals surface area contributed by atoms with E-state index in [1.165, 1.54) is 11.8 Å². The maximum Gasteiger partial charge on any atom is 0.214 e. The Balaban J connectivity index is 1.78. The van der Waals surface area contributed by atoms with Gasteiger partial charge in [-0.3, -0.25) is 4.79 Å². The number of carbonyl (C=O) groups is 1. The Labute approximate surface area is 162 Å². The number of nitrogens with zero attached hydrogens (tertiary/aromatic N) is 4. The molecule has 3 rings (SSSR count). The molecule has 0 fully saturated rings. The summed E-state index contributed by atoms with van der Waals surface area (Å²) in [5.41, 5.74) is 3.76. The zero-order valence-electron chi connectivity index (χ0n) is 15.8. The third-order valence-electron chi connectivity index (χ3n) is 4.13. The minimum absolute atomic E-state index is 0.0264. The van der Waals surface area contributed by atoms with Crippen molar-refractivity contribution in [2.24, 2.45) is 0 Å². The first-order valence-corrected chi connectivity index (χ1v) is 9.67. The highest BCUT2D eigenvalue weighted by molar-refractivity contribution is 8.00. The predicted molar refractivity (Wildman–Crippen MR) is 106 cm³/mol. The van der Waals surface area contributed by atoms with E-state index in [1.807, 2.05) is 58.0 Å². The summed E-state index contributed by atoms with van der Waals surface area (Å²) in [6.45, 7) is 8.43. The molecule has 0 unspecified atom stereocenters. The maximum absolute atomic E-state index is 12.8. The van der Waals surface area contributed by atoms with E-state index in [0.29, 0.717) is 17.3 Å². The maximum atomic E-state index is 12.8. The summed E-state index contributed by atoms with van der Waals surface area (Å²) < 4.78 is 7.11. The van der Waals surface area contributed by atoms with Gasteiger partial charge in [0.2, 0.25) is 5.16 Å². The lowest BCUT2D eigenvalue weighted by molar-refractivity contribution is 0.0994. The van der Waals surface area contributed by atoms with Crippen molar-refractivity contribution in [3.05, 3.63) is 59.2 Å². The topological polar surface area (TPSA) is 69.9 Å². The SMILES string of the molecule is CCOc1ccc(C(=O)[C@H](C)Sc2nnnn2-c2cc(C)ccc2C)cc1. The van der Waals surface area contributed by atoms with Gasteiger partial charge in [-0.2, -0.15) is 4.68 Å². The van der Waals surface area contributed by atoms with Gasteiger partial charge in [0.25, 0.3) is 0 Å². The molecule has 1 atom stereocenters. The van der Waals surface area contributed by atoms with Crippen LogP contribution < -0.4 is 4.74 Å². The van der Waals surface area contributed by atoms with E-state index in [2.05, 4.69) is 15.5 Å². The van der Waals surface area contributed by atoms with Gasteiger partial charge in [-0.05, 0) is 79.6 Å². The summed E-state index contributed by atoms with van der Waals surface area (Å²) in [6, 6.07) is 13.3. The van der Waals surface area contributed by atoms with Crippen LogP contribution in [0.25, 0.3) is 5.69 Å². The van der Waals surface area contributed by atoms with E-state index < -0.39 is 0 Å². The second-order valence-corrected chi connectivity index (χ2v) is 7.55. The lowest BCUT2D eigenvalue weighted by Gasteiger charge is -2.12. The standard InChI is InChI=1S/C20H22N4O2S/c1-5-26-17-10-8-16(9-11-17)19(25)15(4)27-20-21-22-23-24(20)18-12-13(2)6-7-14(18)3/h6-12,15H,5H2,1-4H3/t15-/m0/s1. The first-order valence-electron chi connectivity index (χ1n) is 8.79. The lowest BCUT2D eigenvalue weighted by atomic mass is 10.1. The van der Waals surface area contributed by atoms with Crippen LogP contribution in [-0.2, 0) is 0 Å². The van der Waals surface area contributed by atoms with Gasteiger partial charge in [0.15, 0.2) is 5.78 Å². The average Bonchev–Trinajstić information content (AvgIpc) is 3.12. The van der Waals surface area contributed by atoms with Crippen LogP contribution in [0.15, 0.2) is 47.6 Å². The minimum atomic E-state index is -0.321. The molecule has 0 amide bonds. The van der Waals surface area contributed by atoms with E-state index in [1.54, 1.807) is 16.8 Å². The van der Waals surface area contributed by atoms with Gasteiger partial charge in [0.1, 0.15) is 5.75 Å². The fourth-order valence-corrected chi connectivity index (χ4v) is 3.56. The molecule has 1 aromatic heterocycles. The van der Waals surface area contributed by atoms with Crippen LogP contribution in [0.3, 0.4) is 0 Å². The number of thioether (sulfide) groups is 1.